The first-order chi connectivity index (χ1) is 10.1. The third-order valence-electron chi connectivity index (χ3n) is 3.06. The van der Waals surface area contributed by atoms with Crippen LogP contribution in [-0.4, -0.2) is 27.0 Å². The number of amides is 1. The molecule has 2 heterocycles. The molecule has 1 amide bonds. The van der Waals surface area contributed by atoms with Crippen molar-refractivity contribution in [2.75, 3.05) is 5.32 Å². The molecule has 0 aliphatic rings. The molecule has 0 fully saturated rings. The van der Waals surface area contributed by atoms with Crippen molar-refractivity contribution < 1.29 is 14.7 Å². The molecule has 3 aromatic rings. The zero-order chi connectivity index (χ0) is 14.8. The summed E-state index contributed by atoms with van der Waals surface area (Å²) in [4.78, 5) is 29.6. The molecule has 0 saturated carbocycles. The topological polar surface area (TPSA) is 95.1 Å². The highest BCUT2D eigenvalue weighted by molar-refractivity contribution is 6.06. The second-order valence-corrected chi connectivity index (χ2v) is 4.47. The van der Waals surface area contributed by atoms with Gasteiger partial charge in [-0.25, -0.2) is 9.78 Å². The number of carboxylic acid groups (broad SMARTS) is 1. The van der Waals surface area contributed by atoms with Crippen LogP contribution in [0, 0.1) is 0 Å². The first kappa shape index (κ1) is 12.9. The number of fused-ring (bicyclic) bond motifs is 1. The molecule has 0 unspecified atom stereocenters. The summed E-state index contributed by atoms with van der Waals surface area (Å²) >= 11 is 0. The second kappa shape index (κ2) is 5.09. The van der Waals surface area contributed by atoms with E-state index in [1.54, 1.807) is 18.3 Å². The van der Waals surface area contributed by atoms with Crippen LogP contribution in [0.3, 0.4) is 0 Å². The van der Waals surface area contributed by atoms with Gasteiger partial charge in [-0.3, -0.25) is 4.79 Å². The number of benzene rings is 1. The van der Waals surface area contributed by atoms with E-state index in [1.165, 1.54) is 18.3 Å². The number of carbonyl (C=O) groups is 2. The van der Waals surface area contributed by atoms with Crippen LogP contribution >= 0.6 is 0 Å². The monoisotopic (exact) mass is 281 g/mol. The summed E-state index contributed by atoms with van der Waals surface area (Å²) in [6.45, 7) is 0. The van der Waals surface area contributed by atoms with E-state index in [-0.39, 0.29) is 11.6 Å². The molecule has 104 valence electrons. The average Bonchev–Trinajstić information content (AvgIpc) is 2.95. The second-order valence-electron chi connectivity index (χ2n) is 4.47. The standard InChI is InChI=1S/C15H11N3O3/c19-14(10-1-3-12-9(7-10)5-6-16-12)18-11-2-4-13(15(20)21)17-8-11/h1-8,16H,(H,18,19)(H,20,21). The third-order valence-corrected chi connectivity index (χ3v) is 3.06. The SMILES string of the molecule is O=C(Nc1ccc(C(=O)O)nc1)c1ccc2[nH]ccc2c1. The highest BCUT2D eigenvalue weighted by Gasteiger charge is 2.09. The number of rotatable bonds is 3. The smallest absolute Gasteiger partial charge is 0.354 e. The molecule has 0 spiro atoms. The molecule has 0 saturated heterocycles. The van der Waals surface area contributed by atoms with E-state index < -0.39 is 5.97 Å². The Bertz CT molecular complexity index is 822. The summed E-state index contributed by atoms with van der Waals surface area (Å²) in [5, 5.41) is 12.4. The summed E-state index contributed by atoms with van der Waals surface area (Å²) < 4.78 is 0. The molecule has 3 N–H and O–H groups in total. The lowest BCUT2D eigenvalue weighted by molar-refractivity contribution is 0.0690. The van der Waals surface area contributed by atoms with Crippen LogP contribution < -0.4 is 5.32 Å². The molecular weight excluding hydrogens is 270 g/mol. The van der Waals surface area contributed by atoms with Gasteiger partial charge in [-0.2, -0.15) is 0 Å². The van der Waals surface area contributed by atoms with E-state index in [1.807, 2.05) is 12.1 Å². The lowest BCUT2D eigenvalue weighted by atomic mass is 10.1. The van der Waals surface area contributed by atoms with Gasteiger partial charge in [-0.05, 0) is 36.4 Å². The van der Waals surface area contributed by atoms with Gasteiger partial charge in [0.15, 0.2) is 0 Å². The van der Waals surface area contributed by atoms with E-state index in [2.05, 4.69) is 15.3 Å². The molecule has 0 bridgehead atoms. The summed E-state index contributed by atoms with van der Waals surface area (Å²) in [7, 11) is 0. The number of aromatic nitrogens is 2. The van der Waals surface area contributed by atoms with Crippen molar-refractivity contribution in [2.45, 2.75) is 0 Å². The van der Waals surface area contributed by atoms with E-state index in [0.717, 1.165) is 10.9 Å². The maximum Gasteiger partial charge on any atom is 0.354 e. The molecule has 0 aliphatic carbocycles. The maximum absolute atomic E-state index is 12.1. The van der Waals surface area contributed by atoms with Crippen LogP contribution in [0.25, 0.3) is 10.9 Å². The number of nitrogens with one attached hydrogen (secondary N) is 2. The fraction of sp³-hybridized carbons (Fsp3) is 0. The van der Waals surface area contributed by atoms with Crippen LogP contribution in [0.4, 0.5) is 5.69 Å². The number of anilines is 1. The number of hydrogen-bond donors (Lipinski definition) is 3. The van der Waals surface area contributed by atoms with E-state index in [4.69, 9.17) is 5.11 Å². The minimum atomic E-state index is -1.11. The summed E-state index contributed by atoms with van der Waals surface area (Å²) in [5.74, 6) is -1.38. The Morgan fingerprint density at radius 3 is 2.71 bits per heavy atom. The van der Waals surface area contributed by atoms with Crippen molar-refractivity contribution >= 4 is 28.5 Å². The van der Waals surface area contributed by atoms with Crippen LogP contribution in [0.5, 0.6) is 0 Å². The molecule has 6 nitrogen and oxygen atoms in total. The van der Waals surface area contributed by atoms with Crippen molar-refractivity contribution in [1.29, 1.82) is 0 Å². The number of H-pyrrole nitrogens is 1. The van der Waals surface area contributed by atoms with Crippen molar-refractivity contribution in [1.82, 2.24) is 9.97 Å². The van der Waals surface area contributed by atoms with E-state index >= 15 is 0 Å². The molecule has 2 aromatic heterocycles. The van der Waals surface area contributed by atoms with Gasteiger partial charge in [0, 0.05) is 22.7 Å². The van der Waals surface area contributed by atoms with Gasteiger partial charge in [0.25, 0.3) is 5.91 Å². The zero-order valence-electron chi connectivity index (χ0n) is 10.8. The average molecular weight is 281 g/mol. The normalized spacial score (nSPS) is 10.5. The molecule has 0 radical (unpaired) electrons. The lowest BCUT2D eigenvalue weighted by Crippen LogP contribution is -2.12. The molecule has 1 aromatic carbocycles. The molecule has 21 heavy (non-hydrogen) atoms. The fourth-order valence-corrected chi connectivity index (χ4v) is 1.99. The summed E-state index contributed by atoms with van der Waals surface area (Å²) in [5.41, 5.74) is 1.85. The lowest BCUT2D eigenvalue weighted by Gasteiger charge is -2.05. The predicted molar refractivity (Wildman–Crippen MR) is 77.4 cm³/mol. The maximum atomic E-state index is 12.1. The van der Waals surface area contributed by atoms with Crippen molar-refractivity contribution in [3.05, 3.63) is 60.0 Å². The Morgan fingerprint density at radius 1 is 1.14 bits per heavy atom. The van der Waals surface area contributed by atoms with Crippen LogP contribution in [-0.2, 0) is 0 Å². The minimum absolute atomic E-state index is 0.0678. The van der Waals surface area contributed by atoms with Gasteiger partial charge in [0.05, 0.1) is 11.9 Å². The van der Waals surface area contributed by atoms with E-state index in [0.29, 0.717) is 11.3 Å². The largest absolute Gasteiger partial charge is 0.477 e. The van der Waals surface area contributed by atoms with E-state index in [9.17, 15) is 9.59 Å². The molecular formula is C15H11N3O3. The minimum Gasteiger partial charge on any atom is -0.477 e. The molecule has 0 aliphatic heterocycles. The highest BCUT2D eigenvalue weighted by atomic mass is 16.4. The van der Waals surface area contributed by atoms with Crippen molar-refractivity contribution in [3.63, 3.8) is 0 Å². The number of carboxylic acids is 1. The number of nitrogens with zero attached hydrogens (tertiary/aromatic N) is 1. The van der Waals surface area contributed by atoms with Gasteiger partial charge < -0.3 is 15.4 Å². The van der Waals surface area contributed by atoms with Gasteiger partial charge in [0.1, 0.15) is 5.69 Å². The molecule has 0 atom stereocenters. The van der Waals surface area contributed by atoms with Gasteiger partial charge in [0.2, 0.25) is 0 Å². The molecule has 6 heteroatoms. The van der Waals surface area contributed by atoms with Crippen molar-refractivity contribution in [2.24, 2.45) is 0 Å². The number of hydrogen-bond acceptors (Lipinski definition) is 3. The fourth-order valence-electron chi connectivity index (χ4n) is 1.99. The number of aromatic amines is 1. The van der Waals surface area contributed by atoms with Crippen LogP contribution in [0.2, 0.25) is 0 Å². The number of aromatic carboxylic acids is 1. The Morgan fingerprint density at radius 2 is 2.00 bits per heavy atom. The first-order valence-corrected chi connectivity index (χ1v) is 6.21. The van der Waals surface area contributed by atoms with Gasteiger partial charge >= 0.3 is 5.97 Å². The Hall–Kier alpha value is -3.15. The summed E-state index contributed by atoms with van der Waals surface area (Å²) in [6, 6.07) is 10.1. The molecule has 3 rings (SSSR count). The highest BCUT2D eigenvalue weighted by Crippen LogP contribution is 2.16. The summed E-state index contributed by atoms with van der Waals surface area (Å²) in [6.07, 6.45) is 3.12. The quantitative estimate of drug-likeness (QED) is 0.687. The van der Waals surface area contributed by atoms with Gasteiger partial charge in [-0.15, -0.1) is 0 Å². The van der Waals surface area contributed by atoms with Crippen molar-refractivity contribution in [3.8, 4) is 0 Å². The zero-order valence-corrected chi connectivity index (χ0v) is 10.8. The number of carbonyl (C=O) groups excluding carboxylic acids is 1. The Kier molecular flexibility index (Phi) is 3.12. The Labute approximate surface area is 119 Å². The number of pyridine rings is 1. The third kappa shape index (κ3) is 2.59. The Balaban J connectivity index is 1.80. The predicted octanol–water partition coefficient (Wildman–Crippen LogP) is 2.51. The van der Waals surface area contributed by atoms with Crippen LogP contribution in [0.15, 0.2) is 48.8 Å². The first-order valence-electron chi connectivity index (χ1n) is 6.21. The van der Waals surface area contributed by atoms with Crippen LogP contribution in [0.1, 0.15) is 20.8 Å². The van der Waals surface area contributed by atoms with Gasteiger partial charge in [-0.1, -0.05) is 0 Å².